The number of hydrogen-bond acceptors (Lipinski definition) is 5. The average molecular weight is 508 g/mol. The SMILES string of the molecule is COc1ccc([C@H]2CC(c3ccccc3)=NN2C(=O)COC(=O)c2ccc3[nH]c4c(c3c2)CCCC4)cc1. The Morgan fingerprint density at radius 2 is 1.79 bits per heavy atom. The summed E-state index contributed by atoms with van der Waals surface area (Å²) in [4.78, 5) is 29.8. The molecule has 1 atom stereocenters. The highest BCUT2D eigenvalue weighted by atomic mass is 16.5. The van der Waals surface area contributed by atoms with Crippen molar-refractivity contribution < 1.29 is 19.1 Å². The van der Waals surface area contributed by atoms with Crippen LogP contribution in [-0.4, -0.2) is 41.3 Å². The van der Waals surface area contributed by atoms with Crippen LogP contribution in [0.1, 0.15) is 58.0 Å². The molecule has 0 saturated carbocycles. The molecule has 0 radical (unpaired) electrons. The Morgan fingerprint density at radius 1 is 1.00 bits per heavy atom. The number of ether oxygens (including phenoxy) is 2. The van der Waals surface area contributed by atoms with Crippen molar-refractivity contribution in [2.24, 2.45) is 5.10 Å². The van der Waals surface area contributed by atoms with Crippen molar-refractivity contribution >= 4 is 28.5 Å². The van der Waals surface area contributed by atoms with Crippen LogP contribution < -0.4 is 4.74 Å². The molecule has 0 fully saturated rings. The van der Waals surface area contributed by atoms with Crippen LogP contribution in [0.3, 0.4) is 0 Å². The normalized spacial score (nSPS) is 16.7. The van der Waals surface area contributed by atoms with Gasteiger partial charge in [-0.3, -0.25) is 4.79 Å². The number of nitrogens with zero attached hydrogens (tertiary/aromatic N) is 2. The third-order valence-corrected chi connectivity index (χ3v) is 7.43. The van der Waals surface area contributed by atoms with E-state index in [4.69, 9.17) is 9.47 Å². The number of nitrogens with one attached hydrogen (secondary N) is 1. The molecule has 0 bridgehead atoms. The lowest BCUT2D eigenvalue weighted by Gasteiger charge is -2.22. The van der Waals surface area contributed by atoms with Crippen LogP contribution in [0.25, 0.3) is 10.9 Å². The van der Waals surface area contributed by atoms with Gasteiger partial charge in [0.2, 0.25) is 0 Å². The first-order valence-corrected chi connectivity index (χ1v) is 13.0. The highest BCUT2D eigenvalue weighted by Crippen LogP contribution is 2.34. The van der Waals surface area contributed by atoms with Crippen LogP contribution in [0.5, 0.6) is 5.75 Å². The van der Waals surface area contributed by atoms with Crippen LogP contribution in [-0.2, 0) is 22.4 Å². The lowest BCUT2D eigenvalue weighted by molar-refractivity contribution is -0.136. The van der Waals surface area contributed by atoms with E-state index in [0.717, 1.165) is 52.8 Å². The zero-order valence-corrected chi connectivity index (χ0v) is 21.3. The van der Waals surface area contributed by atoms with Crippen LogP contribution >= 0.6 is 0 Å². The molecular weight excluding hydrogens is 478 g/mol. The summed E-state index contributed by atoms with van der Waals surface area (Å²) in [6.45, 7) is -0.389. The number of rotatable bonds is 6. The lowest BCUT2D eigenvalue weighted by atomic mass is 9.95. The van der Waals surface area contributed by atoms with Crippen molar-refractivity contribution in [1.29, 1.82) is 0 Å². The predicted molar refractivity (Wildman–Crippen MR) is 145 cm³/mol. The molecule has 4 aromatic rings. The van der Waals surface area contributed by atoms with Crippen LogP contribution in [0.15, 0.2) is 77.9 Å². The monoisotopic (exact) mass is 507 g/mol. The predicted octanol–water partition coefficient (Wildman–Crippen LogP) is 5.59. The zero-order chi connectivity index (χ0) is 26.1. The fourth-order valence-corrected chi connectivity index (χ4v) is 5.44. The molecule has 0 unspecified atom stereocenters. The number of aromatic nitrogens is 1. The third-order valence-electron chi connectivity index (χ3n) is 7.43. The molecule has 1 N–H and O–H groups in total. The van der Waals surface area contributed by atoms with Gasteiger partial charge in [-0.1, -0.05) is 42.5 Å². The molecule has 1 aliphatic heterocycles. The molecule has 192 valence electrons. The van der Waals surface area contributed by atoms with E-state index in [9.17, 15) is 9.59 Å². The first kappa shape index (κ1) is 24.0. The number of methoxy groups -OCH3 is 1. The van der Waals surface area contributed by atoms with Crippen molar-refractivity contribution in [3.63, 3.8) is 0 Å². The molecule has 1 amide bonds. The second kappa shape index (κ2) is 10.2. The molecule has 6 rings (SSSR count). The standard InChI is InChI=1S/C31H29N3O4/c1-37-23-14-11-21(12-15-23)29-18-28(20-7-3-2-4-8-20)33-34(29)30(35)19-38-31(36)22-13-16-27-25(17-22)24-9-5-6-10-26(24)32-27/h2-4,7-8,11-17,29,32H,5-6,9-10,18-19H2,1H3/t29-/m1/s1. The van der Waals surface area contributed by atoms with Gasteiger partial charge in [0.25, 0.3) is 5.91 Å². The molecular formula is C31H29N3O4. The van der Waals surface area contributed by atoms with Crippen LogP contribution in [0, 0.1) is 0 Å². The molecule has 1 aromatic heterocycles. The number of hydrogen-bond donors (Lipinski definition) is 1. The Kier molecular flexibility index (Phi) is 6.42. The number of aryl methyl sites for hydroxylation is 2. The van der Waals surface area contributed by atoms with E-state index in [2.05, 4.69) is 10.1 Å². The number of esters is 1. The van der Waals surface area contributed by atoms with E-state index in [-0.39, 0.29) is 18.6 Å². The van der Waals surface area contributed by atoms with Gasteiger partial charge in [0.05, 0.1) is 24.4 Å². The highest BCUT2D eigenvalue weighted by molar-refractivity contribution is 6.03. The Morgan fingerprint density at radius 3 is 2.58 bits per heavy atom. The molecule has 7 heteroatoms. The highest BCUT2D eigenvalue weighted by Gasteiger charge is 2.33. The van der Waals surface area contributed by atoms with E-state index in [1.807, 2.05) is 66.7 Å². The van der Waals surface area contributed by atoms with Gasteiger partial charge in [-0.2, -0.15) is 5.10 Å². The lowest BCUT2D eigenvalue weighted by Crippen LogP contribution is -2.31. The molecule has 0 spiro atoms. The van der Waals surface area contributed by atoms with Gasteiger partial charge in [-0.05, 0) is 72.7 Å². The van der Waals surface area contributed by atoms with Gasteiger partial charge in [-0.25, -0.2) is 9.80 Å². The molecule has 3 aromatic carbocycles. The summed E-state index contributed by atoms with van der Waals surface area (Å²) in [5, 5.41) is 7.18. The smallest absolute Gasteiger partial charge is 0.338 e. The number of carbonyl (C=O) groups is 2. The summed E-state index contributed by atoms with van der Waals surface area (Å²) in [7, 11) is 1.62. The number of H-pyrrole nitrogens is 1. The topological polar surface area (TPSA) is 84.0 Å². The number of benzene rings is 3. The second-order valence-electron chi connectivity index (χ2n) is 9.77. The van der Waals surface area contributed by atoms with E-state index < -0.39 is 5.97 Å². The second-order valence-corrected chi connectivity index (χ2v) is 9.77. The Labute approximate surface area is 221 Å². The Balaban J connectivity index is 1.21. The van der Waals surface area contributed by atoms with E-state index in [1.165, 1.54) is 22.7 Å². The third kappa shape index (κ3) is 4.56. The minimum absolute atomic E-state index is 0.301. The van der Waals surface area contributed by atoms with Gasteiger partial charge in [0, 0.05) is 23.0 Å². The van der Waals surface area contributed by atoms with Gasteiger partial charge in [0.1, 0.15) is 5.75 Å². The fraction of sp³-hybridized carbons (Fsp3) is 0.258. The van der Waals surface area contributed by atoms with Gasteiger partial charge < -0.3 is 14.5 Å². The van der Waals surface area contributed by atoms with Crippen molar-refractivity contribution in [3.8, 4) is 5.75 Å². The summed E-state index contributed by atoms with van der Waals surface area (Å²) in [6, 6.07) is 22.7. The summed E-state index contributed by atoms with van der Waals surface area (Å²) >= 11 is 0. The number of aromatic amines is 1. The largest absolute Gasteiger partial charge is 0.497 e. The number of fused-ring (bicyclic) bond motifs is 3. The summed E-state index contributed by atoms with van der Waals surface area (Å²) in [6.07, 6.45) is 4.94. The summed E-state index contributed by atoms with van der Waals surface area (Å²) < 4.78 is 10.8. The maximum Gasteiger partial charge on any atom is 0.338 e. The van der Waals surface area contributed by atoms with Crippen molar-refractivity contribution in [2.45, 2.75) is 38.1 Å². The number of hydrazone groups is 1. The number of carbonyl (C=O) groups excluding carboxylic acids is 2. The maximum absolute atomic E-state index is 13.3. The summed E-state index contributed by atoms with van der Waals surface area (Å²) in [5.41, 5.74) is 6.74. The maximum atomic E-state index is 13.3. The van der Waals surface area contributed by atoms with Crippen LogP contribution in [0.2, 0.25) is 0 Å². The fourth-order valence-electron chi connectivity index (χ4n) is 5.44. The molecule has 7 nitrogen and oxygen atoms in total. The van der Waals surface area contributed by atoms with E-state index in [1.54, 1.807) is 13.2 Å². The first-order valence-electron chi connectivity index (χ1n) is 13.0. The average Bonchev–Trinajstić information content (AvgIpc) is 3.58. The van der Waals surface area contributed by atoms with Gasteiger partial charge >= 0.3 is 5.97 Å². The minimum atomic E-state index is -0.515. The van der Waals surface area contributed by atoms with Crippen molar-refractivity contribution in [2.75, 3.05) is 13.7 Å². The van der Waals surface area contributed by atoms with Crippen LogP contribution in [0.4, 0.5) is 0 Å². The molecule has 1 aliphatic carbocycles. The van der Waals surface area contributed by atoms with Crippen molar-refractivity contribution in [1.82, 2.24) is 9.99 Å². The van der Waals surface area contributed by atoms with Gasteiger partial charge in [-0.15, -0.1) is 0 Å². The quantitative estimate of drug-likeness (QED) is 0.345. The van der Waals surface area contributed by atoms with E-state index in [0.29, 0.717) is 12.0 Å². The Hall–Kier alpha value is -4.39. The van der Waals surface area contributed by atoms with Gasteiger partial charge in [0.15, 0.2) is 6.61 Å². The molecule has 2 aliphatic rings. The molecule has 38 heavy (non-hydrogen) atoms. The first-order chi connectivity index (χ1) is 18.6. The zero-order valence-electron chi connectivity index (χ0n) is 21.3. The van der Waals surface area contributed by atoms with E-state index >= 15 is 0 Å². The Bertz CT molecular complexity index is 1520. The molecule has 2 heterocycles. The molecule has 0 saturated heterocycles. The minimum Gasteiger partial charge on any atom is -0.497 e. The summed E-state index contributed by atoms with van der Waals surface area (Å²) in [5.74, 6) is -0.146. The van der Waals surface area contributed by atoms with Crippen molar-refractivity contribution in [3.05, 3.63) is 101 Å². The number of amides is 1.